The molecular weight excluding hydrogens is 605 g/mol. The van der Waals surface area contributed by atoms with Crippen LogP contribution in [-0.2, 0) is 33.7 Å². The molecule has 5 nitrogen and oxygen atoms in total. The fourth-order valence-corrected chi connectivity index (χ4v) is 5.24. The smallest absolute Gasteiger partial charge is 0.325 e. The highest BCUT2D eigenvalue weighted by Gasteiger charge is 2.37. The number of nitrogens with zero attached hydrogens (tertiary/aromatic N) is 1. The van der Waals surface area contributed by atoms with Crippen LogP contribution in [0, 0.1) is 0 Å². The number of halogens is 9. The standard InChI is InChI=1S/C23H15Cl3F6N2O3S/c24-15-4-6-17(7-5-15)38(36,37)34(11-18-19(25)2-1-3-20(18)26)12-21(35)33-16-9-13(22(27,28)29)8-14(10-16)23(30,31)32/h1-10H,11-12H2,(H,33,35). The highest BCUT2D eigenvalue weighted by atomic mass is 35.5. The van der Waals surface area contributed by atoms with Crippen molar-refractivity contribution in [1.82, 2.24) is 4.31 Å². The summed E-state index contributed by atoms with van der Waals surface area (Å²) >= 11 is 18.1. The Hall–Kier alpha value is -2.51. The van der Waals surface area contributed by atoms with E-state index in [2.05, 4.69) is 0 Å². The number of amides is 1. The highest BCUT2D eigenvalue weighted by Crippen LogP contribution is 2.37. The summed E-state index contributed by atoms with van der Waals surface area (Å²) in [6, 6.07) is 9.67. The lowest BCUT2D eigenvalue weighted by molar-refractivity contribution is -0.143. The summed E-state index contributed by atoms with van der Waals surface area (Å²) in [7, 11) is -4.46. The predicted molar refractivity (Wildman–Crippen MR) is 131 cm³/mol. The van der Waals surface area contributed by atoms with Gasteiger partial charge in [-0.25, -0.2) is 8.42 Å². The maximum atomic E-state index is 13.3. The molecule has 3 rings (SSSR count). The maximum absolute atomic E-state index is 13.3. The fraction of sp³-hybridized carbons (Fsp3) is 0.174. The van der Waals surface area contributed by atoms with Gasteiger partial charge in [0, 0.05) is 32.9 Å². The van der Waals surface area contributed by atoms with E-state index in [0.29, 0.717) is 16.4 Å². The van der Waals surface area contributed by atoms with E-state index in [1.807, 2.05) is 5.32 Å². The monoisotopic (exact) mass is 618 g/mol. The van der Waals surface area contributed by atoms with E-state index in [9.17, 15) is 39.6 Å². The zero-order chi connectivity index (χ0) is 28.5. The van der Waals surface area contributed by atoms with Gasteiger partial charge >= 0.3 is 12.4 Å². The highest BCUT2D eigenvalue weighted by molar-refractivity contribution is 7.89. The second-order valence-electron chi connectivity index (χ2n) is 7.77. The van der Waals surface area contributed by atoms with Crippen LogP contribution in [-0.4, -0.2) is 25.2 Å². The van der Waals surface area contributed by atoms with E-state index in [1.54, 1.807) is 0 Å². The molecule has 0 aliphatic heterocycles. The first-order valence-corrected chi connectivity index (χ1v) is 12.8. The Balaban J connectivity index is 1.99. The third-order valence-electron chi connectivity index (χ3n) is 5.04. The van der Waals surface area contributed by atoms with Crippen molar-refractivity contribution in [3.63, 3.8) is 0 Å². The second kappa shape index (κ2) is 11.3. The molecule has 0 unspecified atom stereocenters. The summed E-state index contributed by atoms with van der Waals surface area (Å²) in [5, 5.41) is 2.24. The molecule has 3 aromatic carbocycles. The number of carbonyl (C=O) groups excluding carboxylic acids is 1. The lowest BCUT2D eigenvalue weighted by Gasteiger charge is -2.23. The van der Waals surface area contributed by atoms with E-state index in [0.717, 1.165) is 12.1 Å². The minimum atomic E-state index is -5.15. The molecule has 0 radical (unpaired) electrons. The van der Waals surface area contributed by atoms with Crippen LogP contribution in [0.4, 0.5) is 32.0 Å². The number of anilines is 1. The van der Waals surface area contributed by atoms with Gasteiger partial charge in [-0.15, -0.1) is 0 Å². The Morgan fingerprint density at radius 1 is 0.816 bits per heavy atom. The van der Waals surface area contributed by atoms with Gasteiger partial charge in [0.25, 0.3) is 0 Å². The molecule has 0 aliphatic carbocycles. The van der Waals surface area contributed by atoms with Gasteiger partial charge in [0.2, 0.25) is 15.9 Å². The van der Waals surface area contributed by atoms with Gasteiger partial charge in [-0.2, -0.15) is 30.6 Å². The summed E-state index contributed by atoms with van der Waals surface area (Å²) in [5.74, 6) is -1.22. The summed E-state index contributed by atoms with van der Waals surface area (Å²) < 4.78 is 106. The molecule has 0 aromatic heterocycles. The predicted octanol–water partition coefficient (Wildman–Crippen LogP) is 7.51. The molecule has 3 aromatic rings. The third-order valence-corrected chi connectivity index (χ3v) is 7.81. The number of hydrogen-bond donors (Lipinski definition) is 1. The molecular formula is C23H15Cl3F6N2O3S. The molecule has 0 bridgehead atoms. The number of rotatable bonds is 7. The van der Waals surface area contributed by atoms with Gasteiger partial charge < -0.3 is 5.32 Å². The number of nitrogens with one attached hydrogen (secondary N) is 1. The molecule has 204 valence electrons. The summed E-state index contributed by atoms with van der Waals surface area (Å²) in [5.41, 5.74) is -4.04. The average Bonchev–Trinajstić information content (AvgIpc) is 2.79. The Morgan fingerprint density at radius 2 is 1.32 bits per heavy atom. The van der Waals surface area contributed by atoms with E-state index < -0.39 is 58.2 Å². The van der Waals surface area contributed by atoms with Crippen LogP contribution in [0.2, 0.25) is 15.1 Å². The van der Waals surface area contributed by atoms with Gasteiger partial charge in [0.15, 0.2) is 0 Å². The number of sulfonamides is 1. The molecule has 0 saturated carbocycles. The molecule has 0 spiro atoms. The molecule has 0 atom stereocenters. The molecule has 0 saturated heterocycles. The molecule has 38 heavy (non-hydrogen) atoms. The number of benzene rings is 3. The van der Waals surface area contributed by atoms with E-state index in [-0.39, 0.29) is 31.6 Å². The van der Waals surface area contributed by atoms with Crippen molar-refractivity contribution in [3.8, 4) is 0 Å². The quantitative estimate of drug-likeness (QED) is 0.278. The first kappa shape index (κ1) is 30.0. The normalized spacial score (nSPS) is 12.6. The summed E-state index contributed by atoms with van der Waals surface area (Å²) in [4.78, 5) is 12.5. The first-order valence-electron chi connectivity index (χ1n) is 10.3. The Bertz CT molecular complexity index is 1390. The van der Waals surface area contributed by atoms with Crippen molar-refractivity contribution >= 4 is 56.4 Å². The maximum Gasteiger partial charge on any atom is 0.416 e. The zero-order valence-electron chi connectivity index (χ0n) is 18.7. The Kier molecular flexibility index (Phi) is 8.94. The van der Waals surface area contributed by atoms with Gasteiger partial charge in [-0.3, -0.25) is 4.79 Å². The molecule has 0 aliphatic rings. The van der Waals surface area contributed by atoms with Crippen LogP contribution >= 0.6 is 34.8 Å². The lowest BCUT2D eigenvalue weighted by Crippen LogP contribution is -2.37. The van der Waals surface area contributed by atoms with Crippen molar-refractivity contribution in [2.45, 2.75) is 23.8 Å². The van der Waals surface area contributed by atoms with Crippen LogP contribution in [0.3, 0.4) is 0 Å². The number of carbonyl (C=O) groups is 1. The van der Waals surface area contributed by atoms with Crippen molar-refractivity contribution in [2.75, 3.05) is 11.9 Å². The fourth-order valence-electron chi connectivity index (χ4n) is 3.23. The number of alkyl halides is 6. The number of hydrogen-bond acceptors (Lipinski definition) is 3. The lowest BCUT2D eigenvalue weighted by atomic mass is 10.1. The Labute approximate surface area is 228 Å². The van der Waals surface area contributed by atoms with Crippen LogP contribution in [0.5, 0.6) is 0 Å². The van der Waals surface area contributed by atoms with Crippen LogP contribution in [0.1, 0.15) is 16.7 Å². The molecule has 1 N–H and O–H groups in total. The first-order chi connectivity index (χ1) is 17.5. The SMILES string of the molecule is O=C(CN(Cc1c(Cl)cccc1Cl)S(=O)(=O)c1ccc(Cl)cc1)Nc1cc(C(F)(F)F)cc(C(F)(F)F)c1. The van der Waals surface area contributed by atoms with Gasteiger partial charge in [0.05, 0.1) is 22.6 Å². The van der Waals surface area contributed by atoms with Crippen molar-refractivity contribution in [3.05, 3.63) is 92.4 Å². The van der Waals surface area contributed by atoms with E-state index in [4.69, 9.17) is 34.8 Å². The van der Waals surface area contributed by atoms with Crippen LogP contribution < -0.4 is 5.32 Å². The minimum absolute atomic E-state index is 0.0573. The van der Waals surface area contributed by atoms with Gasteiger partial charge in [-0.05, 0) is 54.6 Å². The van der Waals surface area contributed by atoms with Crippen LogP contribution in [0.15, 0.2) is 65.6 Å². The largest absolute Gasteiger partial charge is 0.416 e. The van der Waals surface area contributed by atoms with Crippen LogP contribution in [0.25, 0.3) is 0 Å². The zero-order valence-corrected chi connectivity index (χ0v) is 21.8. The molecule has 0 fully saturated rings. The minimum Gasteiger partial charge on any atom is -0.325 e. The molecule has 0 heterocycles. The third kappa shape index (κ3) is 7.32. The van der Waals surface area contributed by atoms with Crippen molar-refractivity contribution in [1.29, 1.82) is 0 Å². The second-order valence-corrected chi connectivity index (χ2v) is 11.0. The van der Waals surface area contributed by atoms with Gasteiger partial charge in [-0.1, -0.05) is 40.9 Å². The average molecular weight is 620 g/mol. The topological polar surface area (TPSA) is 66.5 Å². The molecule has 1 amide bonds. The summed E-state index contributed by atoms with van der Waals surface area (Å²) in [6.07, 6.45) is -10.3. The van der Waals surface area contributed by atoms with Crippen molar-refractivity contribution < 1.29 is 39.6 Å². The van der Waals surface area contributed by atoms with Crippen molar-refractivity contribution in [2.24, 2.45) is 0 Å². The molecule has 15 heteroatoms. The van der Waals surface area contributed by atoms with Gasteiger partial charge in [0.1, 0.15) is 0 Å². The summed E-state index contributed by atoms with van der Waals surface area (Å²) in [6.45, 7) is -1.56. The van der Waals surface area contributed by atoms with E-state index in [1.165, 1.54) is 30.3 Å². The Morgan fingerprint density at radius 3 is 1.79 bits per heavy atom. The van der Waals surface area contributed by atoms with E-state index >= 15 is 0 Å².